The topological polar surface area (TPSA) is 66.8 Å². The summed E-state index contributed by atoms with van der Waals surface area (Å²) >= 11 is 0. The lowest BCUT2D eigenvalue weighted by Crippen LogP contribution is -2.35. The number of hydrogen-bond acceptors (Lipinski definition) is 3. The molecular formula is C12H15NO4. The molecule has 17 heavy (non-hydrogen) atoms. The van der Waals surface area contributed by atoms with Crippen molar-refractivity contribution in [2.45, 2.75) is 13.0 Å². The number of carbonyl (C=O) groups excluding carboxylic acids is 1. The highest BCUT2D eigenvalue weighted by Gasteiger charge is 2.19. The third-order valence-electron chi connectivity index (χ3n) is 2.21. The SMILES string of the molecule is CC(Oc1ccccc1C(=O)O)C(=O)N(C)C. The molecule has 0 heterocycles. The molecule has 1 rings (SSSR count). The zero-order chi connectivity index (χ0) is 13.0. The van der Waals surface area contributed by atoms with E-state index in [9.17, 15) is 9.59 Å². The van der Waals surface area contributed by atoms with Crippen molar-refractivity contribution in [3.05, 3.63) is 29.8 Å². The van der Waals surface area contributed by atoms with E-state index >= 15 is 0 Å². The summed E-state index contributed by atoms with van der Waals surface area (Å²) in [6.07, 6.45) is -0.717. The van der Waals surface area contributed by atoms with Crippen molar-refractivity contribution in [1.29, 1.82) is 0 Å². The Morgan fingerprint density at radius 2 is 1.88 bits per heavy atom. The van der Waals surface area contributed by atoms with Gasteiger partial charge in [-0.25, -0.2) is 4.79 Å². The van der Waals surface area contributed by atoms with Gasteiger partial charge in [0.25, 0.3) is 5.91 Å². The Morgan fingerprint density at radius 1 is 1.29 bits per heavy atom. The number of amides is 1. The summed E-state index contributed by atoms with van der Waals surface area (Å²) in [6, 6.07) is 6.23. The van der Waals surface area contributed by atoms with Gasteiger partial charge >= 0.3 is 5.97 Å². The zero-order valence-electron chi connectivity index (χ0n) is 10.0. The Bertz CT molecular complexity index is 428. The third-order valence-corrected chi connectivity index (χ3v) is 2.21. The molecule has 0 spiro atoms. The van der Waals surface area contributed by atoms with E-state index in [4.69, 9.17) is 9.84 Å². The number of likely N-dealkylation sites (N-methyl/N-ethyl adjacent to an activating group) is 1. The highest BCUT2D eigenvalue weighted by atomic mass is 16.5. The fraction of sp³-hybridized carbons (Fsp3) is 0.333. The van der Waals surface area contributed by atoms with Crippen LogP contribution in [0.3, 0.4) is 0 Å². The van der Waals surface area contributed by atoms with Crippen LogP contribution in [0.5, 0.6) is 5.75 Å². The van der Waals surface area contributed by atoms with Gasteiger partial charge < -0.3 is 14.7 Å². The minimum absolute atomic E-state index is 0.0471. The average Bonchev–Trinajstić information content (AvgIpc) is 2.28. The lowest BCUT2D eigenvalue weighted by molar-refractivity contribution is -0.135. The van der Waals surface area contributed by atoms with Crippen LogP contribution in [0.2, 0.25) is 0 Å². The van der Waals surface area contributed by atoms with Crippen molar-refractivity contribution in [3.8, 4) is 5.75 Å². The van der Waals surface area contributed by atoms with Gasteiger partial charge in [0.15, 0.2) is 6.10 Å². The standard InChI is InChI=1S/C12H15NO4/c1-8(11(14)13(2)3)17-10-7-5-4-6-9(10)12(15)16/h4-8H,1-3H3,(H,15,16). The van der Waals surface area contributed by atoms with Crippen molar-refractivity contribution in [2.75, 3.05) is 14.1 Å². The van der Waals surface area contributed by atoms with Gasteiger partial charge in [-0.2, -0.15) is 0 Å². The van der Waals surface area contributed by atoms with Crippen molar-refractivity contribution in [1.82, 2.24) is 4.90 Å². The predicted molar refractivity (Wildman–Crippen MR) is 62.2 cm³/mol. The first kappa shape index (κ1) is 13.0. The maximum Gasteiger partial charge on any atom is 0.339 e. The van der Waals surface area contributed by atoms with Crippen LogP contribution in [0.15, 0.2) is 24.3 Å². The monoisotopic (exact) mass is 237 g/mol. The smallest absolute Gasteiger partial charge is 0.339 e. The van der Waals surface area contributed by atoms with E-state index in [0.717, 1.165) is 0 Å². The Hall–Kier alpha value is -2.04. The Morgan fingerprint density at radius 3 is 2.41 bits per heavy atom. The van der Waals surface area contributed by atoms with Crippen LogP contribution in [-0.2, 0) is 4.79 Å². The summed E-state index contributed by atoms with van der Waals surface area (Å²) in [4.78, 5) is 23.9. The van der Waals surface area contributed by atoms with Crippen LogP contribution in [0.1, 0.15) is 17.3 Å². The third kappa shape index (κ3) is 3.21. The molecule has 5 heteroatoms. The number of carbonyl (C=O) groups is 2. The largest absolute Gasteiger partial charge is 0.480 e. The van der Waals surface area contributed by atoms with Crippen molar-refractivity contribution in [3.63, 3.8) is 0 Å². The molecule has 0 saturated carbocycles. The number of nitrogens with zero attached hydrogens (tertiary/aromatic N) is 1. The van der Waals surface area contributed by atoms with Gasteiger partial charge in [0.05, 0.1) is 0 Å². The van der Waals surface area contributed by atoms with Gasteiger partial charge in [-0.15, -0.1) is 0 Å². The van der Waals surface area contributed by atoms with E-state index in [-0.39, 0.29) is 17.2 Å². The van der Waals surface area contributed by atoms with Crippen LogP contribution >= 0.6 is 0 Å². The van der Waals surface area contributed by atoms with Crippen LogP contribution in [-0.4, -0.2) is 42.1 Å². The molecule has 5 nitrogen and oxygen atoms in total. The van der Waals surface area contributed by atoms with Crippen LogP contribution < -0.4 is 4.74 Å². The molecule has 0 aliphatic rings. The minimum Gasteiger partial charge on any atom is -0.480 e. The highest BCUT2D eigenvalue weighted by molar-refractivity contribution is 5.91. The number of ether oxygens (including phenoxy) is 1. The van der Waals surface area contributed by atoms with E-state index in [1.54, 1.807) is 33.2 Å². The first-order valence-electron chi connectivity index (χ1n) is 5.13. The highest BCUT2D eigenvalue weighted by Crippen LogP contribution is 2.19. The summed E-state index contributed by atoms with van der Waals surface area (Å²) in [7, 11) is 3.23. The van der Waals surface area contributed by atoms with Gasteiger partial charge in [-0.3, -0.25) is 4.79 Å². The van der Waals surface area contributed by atoms with Gasteiger partial charge in [0, 0.05) is 14.1 Å². The summed E-state index contributed by atoms with van der Waals surface area (Å²) < 4.78 is 5.36. The molecule has 1 atom stereocenters. The molecule has 0 radical (unpaired) electrons. The summed E-state index contributed by atoms with van der Waals surface area (Å²) in [5.74, 6) is -1.10. The molecule has 1 aromatic carbocycles. The van der Waals surface area contributed by atoms with Gasteiger partial charge in [0.2, 0.25) is 0 Å². The Balaban J connectivity index is 2.88. The van der Waals surface area contributed by atoms with Crippen molar-refractivity contribution >= 4 is 11.9 Å². The first-order valence-corrected chi connectivity index (χ1v) is 5.13. The number of hydrogen-bond donors (Lipinski definition) is 1. The number of aromatic carboxylic acids is 1. The lowest BCUT2D eigenvalue weighted by atomic mass is 10.2. The van der Waals surface area contributed by atoms with E-state index in [2.05, 4.69) is 0 Å². The molecule has 1 unspecified atom stereocenters. The second-order valence-electron chi connectivity index (χ2n) is 3.79. The Kier molecular flexibility index (Phi) is 4.09. The van der Waals surface area contributed by atoms with Gasteiger partial charge in [-0.1, -0.05) is 12.1 Å². The summed E-state index contributed by atoms with van der Waals surface area (Å²) in [5, 5.41) is 8.95. The molecule has 92 valence electrons. The number of rotatable bonds is 4. The normalized spacial score (nSPS) is 11.7. The van der Waals surface area contributed by atoms with E-state index in [1.165, 1.54) is 17.0 Å². The maximum atomic E-state index is 11.6. The second kappa shape index (κ2) is 5.34. The first-order chi connectivity index (χ1) is 7.93. The summed E-state index contributed by atoms with van der Waals surface area (Å²) in [5.41, 5.74) is 0.0471. The quantitative estimate of drug-likeness (QED) is 0.855. The average molecular weight is 237 g/mol. The zero-order valence-corrected chi connectivity index (χ0v) is 10.0. The number of carboxylic acids is 1. The van der Waals surface area contributed by atoms with Gasteiger partial charge in [-0.05, 0) is 19.1 Å². The number of para-hydroxylation sites is 1. The minimum atomic E-state index is -1.08. The molecule has 1 aromatic rings. The number of carboxylic acid groups (broad SMARTS) is 1. The predicted octanol–water partition coefficient (Wildman–Crippen LogP) is 1.24. The Labute approximate surface area is 99.6 Å². The molecule has 1 N–H and O–H groups in total. The second-order valence-corrected chi connectivity index (χ2v) is 3.79. The van der Waals surface area contributed by atoms with Crippen molar-refractivity contribution in [2.24, 2.45) is 0 Å². The van der Waals surface area contributed by atoms with E-state index < -0.39 is 12.1 Å². The molecule has 0 saturated heterocycles. The molecule has 0 aromatic heterocycles. The molecular weight excluding hydrogens is 222 g/mol. The summed E-state index contributed by atoms with van der Waals surface area (Å²) in [6.45, 7) is 1.58. The maximum absolute atomic E-state index is 11.6. The molecule has 0 fully saturated rings. The lowest BCUT2D eigenvalue weighted by Gasteiger charge is -2.19. The van der Waals surface area contributed by atoms with Crippen LogP contribution in [0, 0.1) is 0 Å². The van der Waals surface area contributed by atoms with Crippen LogP contribution in [0.4, 0.5) is 0 Å². The fourth-order valence-electron chi connectivity index (χ4n) is 1.35. The van der Waals surface area contributed by atoms with E-state index in [0.29, 0.717) is 0 Å². The molecule has 0 aliphatic carbocycles. The molecule has 0 bridgehead atoms. The fourth-order valence-corrected chi connectivity index (χ4v) is 1.35. The van der Waals surface area contributed by atoms with Crippen LogP contribution in [0.25, 0.3) is 0 Å². The number of benzene rings is 1. The molecule has 1 amide bonds. The van der Waals surface area contributed by atoms with Gasteiger partial charge in [0.1, 0.15) is 11.3 Å². The van der Waals surface area contributed by atoms with Crippen molar-refractivity contribution < 1.29 is 19.4 Å². The molecule has 0 aliphatic heterocycles. The van der Waals surface area contributed by atoms with E-state index in [1.807, 2.05) is 0 Å².